The maximum atomic E-state index is 10.9. The van der Waals surface area contributed by atoms with Gasteiger partial charge in [0.05, 0.1) is 12.7 Å². The minimum atomic E-state index is -0.355. The SMILES string of the molecule is C=CC(=O)OCCCCCCCCC(C)OC(=O)C=C. The number of ether oxygens (including phenoxy) is 2. The lowest BCUT2D eigenvalue weighted by molar-refractivity contribution is -0.142. The molecular formula is C16H26O4. The van der Waals surface area contributed by atoms with E-state index in [2.05, 4.69) is 13.2 Å². The van der Waals surface area contributed by atoms with Crippen LogP contribution in [0.4, 0.5) is 0 Å². The monoisotopic (exact) mass is 282 g/mol. The molecule has 0 amide bonds. The van der Waals surface area contributed by atoms with Gasteiger partial charge in [0, 0.05) is 12.2 Å². The molecule has 0 aliphatic heterocycles. The highest BCUT2D eigenvalue weighted by molar-refractivity contribution is 5.81. The molecule has 0 aromatic carbocycles. The van der Waals surface area contributed by atoms with Crippen molar-refractivity contribution in [1.29, 1.82) is 0 Å². The minimum absolute atomic E-state index is 0.0428. The summed E-state index contributed by atoms with van der Waals surface area (Å²) < 4.78 is 9.96. The van der Waals surface area contributed by atoms with Crippen molar-refractivity contribution < 1.29 is 19.1 Å². The van der Waals surface area contributed by atoms with E-state index in [1.807, 2.05) is 6.92 Å². The van der Waals surface area contributed by atoms with Gasteiger partial charge in [-0.3, -0.25) is 0 Å². The van der Waals surface area contributed by atoms with Crippen molar-refractivity contribution in [2.45, 2.75) is 58.0 Å². The van der Waals surface area contributed by atoms with Gasteiger partial charge in [-0.25, -0.2) is 9.59 Å². The Bertz CT molecular complexity index is 310. The second kappa shape index (κ2) is 12.5. The van der Waals surface area contributed by atoms with Crippen LogP contribution in [0.5, 0.6) is 0 Å². The van der Waals surface area contributed by atoms with Crippen LogP contribution in [-0.2, 0) is 19.1 Å². The summed E-state index contributed by atoms with van der Waals surface area (Å²) in [6.45, 7) is 9.07. The molecule has 0 heterocycles. The molecule has 4 heteroatoms. The normalized spacial score (nSPS) is 11.4. The predicted molar refractivity (Wildman–Crippen MR) is 79.2 cm³/mol. The van der Waals surface area contributed by atoms with E-state index in [-0.39, 0.29) is 18.0 Å². The molecule has 20 heavy (non-hydrogen) atoms. The fraction of sp³-hybridized carbons (Fsp3) is 0.625. The molecule has 1 unspecified atom stereocenters. The summed E-state index contributed by atoms with van der Waals surface area (Å²) in [5.74, 6) is -0.709. The number of unbranched alkanes of at least 4 members (excludes halogenated alkanes) is 5. The van der Waals surface area contributed by atoms with E-state index in [0.717, 1.165) is 44.9 Å². The van der Waals surface area contributed by atoms with Gasteiger partial charge in [0.25, 0.3) is 0 Å². The molecule has 0 aliphatic carbocycles. The Hall–Kier alpha value is -1.58. The van der Waals surface area contributed by atoms with E-state index in [1.165, 1.54) is 12.2 Å². The quantitative estimate of drug-likeness (QED) is 0.312. The standard InChI is InChI=1S/C16H26O4/c1-4-15(17)19-13-11-9-7-6-8-10-12-14(3)20-16(18)5-2/h4-5,14H,1-2,6-13H2,3H3. The highest BCUT2D eigenvalue weighted by Gasteiger charge is 2.05. The summed E-state index contributed by atoms with van der Waals surface area (Å²) in [4.78, 5) is 21.7. The molecule has 0 saturated heterocycles. The lowest BCUT2D eigenvalue weighted by Crippen LogP contribution is -2.12. The second-order valence-corrected chi connectivity index (χ2v) is 4.73. The summed E-state index contributed by atoms with van der Waals surface area (Å²) in [7, 11) is 0. The van der Waals surface area contributed by atoms with Crippen LogP contribution in [0.15, 0.2) is 25.3 Å². The summed E-state index contributed by atoms with van der Waals surface area (Å²) in [5.41, 5.74) is 0. The number of carbonyl (C=O) groups excluding carboxylic acids is 2. The van der Waals surface area contributed by atoms with Gasteiger partial charge in [0.1, 0.15) is 0 Å². The number of carbonyl (C=O) groups is 2. The van der Waals surface area contributed by atoms with Gasteiger partial charge in [-0.05, 0) is 26.2 Å². The third-order valence-corrected chi connectivity index (χ3v) is 2.90. The molecule has 0 radical (unpaired) electrons. The van der Waals surface area contributed by atoms with E-state index in [4.69, 9.17) is 9.47 Å². The van der Waals surface area contributed by atoms with Gasteiger partial charge >= 0.3 is 11.9 Å². The van der Waals surface area contributed by atoms with Crippen LogP contribution in [-0.4, -0.2) is 24.6 Å². The summed E-state index contributed by atoms with van der Waals surface area (Å²) >= 11 is 0. The highest BCUT2D eigenvalue weighted by atomic mass is 16.5. The lowest BCUT2D eigenvalue weighted by atomic mass is 10.1. The first kappa shape index (κ1) is 18.4. The van der Waals surface area contributed by atoms with E-state index >= 15 is 0 Å². The Labute approximate surface area is 121 Å². The Morgan fingerprint density at radius 3 is 2.10 bits per heavy atom. The van der Waals surface area contributed by atoms with Crippen molar-refractivity contribution in [1.82, 2.24) is 0 Å². The van der Waals surface area contributed by atoms with E-state index in [9.17, 15) is 9.59 Å². The van der Waals surface area contributed by atoms with Gasteiger partial charge in [-0.2, -0.15) is 0 Å². The number of hydrogen-bond acceptors (Lipinski definition) is 4. The van der Waals surface area contributed by atoms with Crippen molar-refractivity contribution in [2.24, 2.45) is 0 Å². The predicted octanol–water partition coefficient (Wildman–Crippen LogP) is 3.56. The fourth-order valence-electron chi connectivity index (χ4n) is 1.78. The lowest BCUT2D eigenvalue weighted by Gasteiger charge is -2.11. The Kier molecular flexibility index (Phi) is 11.5. The van der Waals surface area contributed by atoms with Gasteiger partial charge in [-0.1, -0.05) is 38.8 Å². The third-order valence-electron chi connectivity index (χ3n) is 2.90. The van der Waals surface area contributed by atoms with Crippen molar-refractivity contribution in [3.63, 3.8) is 0 Å². The largest absolute Gasteiger partial charge is 0.463 e. The number of hydrogen-bond donors (Lipinski definition) is 0. The van der Waals surface area contributed by atoms with Crippen molar-refractivity contribution >= 4 is 11.9 Å². The van der Waals surface area contributed by atoms with Gasteiger partial charge in [0.2, 0.25) is 0 Å². The zero-order chi connectivity index (χ0) is 15.2. The highest BCUT2D eigenvalue weighted by Crippen LogP contribution is 2.10. The van der Waals surface area contributed by atoms with Gasteiger partial charge in [-0.15, -0.1) is 0 Å². The molecule has 0 aromatic heterocycles. The molecule has 0 fully saturated rings. The molecule has 0 rings (SSSR count). The molecule has 114 valence electrons. The molecule has 4 nitrogen and oxygen atoms in total. The zero-order valence-electron chi connectivity index (χ0n) is 12.4. The topological polar surface area (TPSA) is 52.6 Å². The molecule has 0 N–H and O–H groups in total. The summed E-state index contributed by atoms with van der Waals surface area (Å²) in [6.07, 6.45) is 9.63. The van der Waals surface area contributed by atoms with Crippen LogP contribution in [0.2, 0.25) is 0 Å². The van der Waals surface area contributed by atoms with Crippen LogP contribution in [0.1, 0.15) is 51.9 Å². The average molecular weight is 282 g/mol. The fourth-order valence-corrected chi connectivity index (χ4v) is 1.78. The Balaban J connectivity index is 3.28. The molecule has 0 spiro atoms. The molecular weight excluding hydrogens is 256 g/mol. The maximum absolute atomic E-state index is 10.9. The molecule has 0 saturated carbocycles. The van der Waals surface area contributed by atoms with Gasteiger partial charge in [0.15, 0.2) is 0 Å². The first-order valence-corrected chi connectivity index (χ1v) is 7.22. The summed E-state index contributed by atoms with van der Waals surface area (Å²) in [5, 5.41) is 0. The van der Waals surface area contributed by atoms with Crippen LogP contribution in [0.25, 0.3) is 0 Å². The Morgan fingerprint density at radius 2 is 1.50 bits per heavy atom. The molecule has 0 aromatic rings. The van der Waals surface area contributed by atoms with Crippen LogP contribution in [0.3, 0.4) is 0 Å². The Morgan fingerprint density at radius 1 is 0.950 bits per heavy atom. The van der Waals surface area contributed by atoms with E-state index in [0.29, 0.717) is 6.61 Å². The first-order chi connectivity index (χ1) is 9.60. The minimum Gasteiger partial charge on any atom is -0.463 e. The smallest absolute Gasteiger partial charge is 0.330 e. The van der Waals surface area contributed by atoms with Crippen LogP contribution in [0, 0.1) is 0 Å². The number of esters is 2. The second-order valence-electron chi connectivity index (χ2n) is 4.73. The average Bonchev–Trinajstić information content (AvgIpc) is 2.44. The van der Waals surface area contributed by atoms with Crippen molar-refractivity contribution in [2.75, 3.05) is 6.61 Å². The molecule has 0 aliphatic rings. The van der Waals surface area contributed by atoms with Gasteiger partial charge < -0.3 is 9.47 Å². The van der Waals surface area contributed by atoms with Crippen LogP contribution < -0.4 is 0 Å². The van der Waals surface area contributed by atoms with E-state index in [1.54, 1.807) is 0 Å². The third kappa shape index (κ3) is 11.5. The van der Waals surface area contributed by atoms with Crippen molar-refractivity contribution in [3.05, 3.63) is 25.3 Å². The molecule has 1 atom stereocenters. The first-order valence-electron chi connectivity index (χ1n) is 7.22. The van der Waals surface area contributed by atoms with Crippen molar-refractivity contribution in [3.8, 4) is 0 Å². The molecule has 0 bridgehead atoms. The van der Waals surface area contributed by atoms with E-state index < -0.39 is 0 Å². The van der Waals surface area contributed by atoms with Crippen LogP contribution >= 0.6 is 0 Å². The summed E-state index contributed by atoms with van der Waals surface area (Å²) in [6, 6.07) is 0. The maximum Gasteiger partial charge on any atom is 0.330 e. The zero-order valence-corrected chi connectivity index (χ0v) is 12.4. The number of rotatable bonds is 12.